The summed E-state index contributed by atoms with van der Waals surface area (Å²) >= 11 is 0. The number of aromatic nitrogens is 4. The van der Waals surface area contributed by atoms with Crippen LogP contribution in [0, 0.1) is 5.82 Å². The number of carbonyl (C=O) groups is 1. The predicted molar refractivity (Wildman–Crippen MR) is 101 cm³/mol. The fourth-order valence-corrected chi connectivity index (χ4v) is 3.40. The summed E-state index contributed by atoms with van der Waals surface area (Å²) in [7, 11) is 1.83. The van der Waals surface area contributed by atoms with E-state index in [1.54, 1.807) is 34.1 Å². The molecule has 1 amide bonds. The summed E-state index contributed by atoms with van der Waals surface area (Å²) in [6.45, 7) is 0.970. The number of ether oxygens (including phenoxy) is 1. The molecule has 3 aromatic rings. The molecule has 0 N–H and O–H groups in total. The van der Waals surface area contributed by atoms with Crippen molar-refractivity contribution in [3.63, 3.8) is 0 Å². The van der Waals surface area contributed by atoms with Crippen LogP contribution in [0.4, 0.5) is 4.39 Å². The Labute approximate surface area is 167 Å². The van der Waals surface area contributed by atoms with Crippen molar-refractivity contribution in [2.45, 2.75) is 31.7 Å². The summed E-state index contributed by atoms with van der Waals surface area (Å²) in [5.41, 5.74) is 0.409. The molecular formula is C20H22FN5O3. The Balaban J connectivity index is 1.40. The molecule has 3 heterocycles. The molecule has 4 rings (SSSR count). The number of hydrogen-bond donors (Lipinski definition) is 0. The first-order valence-electron chi connectivity index (χ1n) is 9.60. The Morgan fingerprint density at radius 1 is 1.31 bits per heavy atom. The van der Waals surface area contributed by atoms with Crippen molar-refractivity contribution in [3.05, 3.63) is 60.0 Å². The highest BCUT2D eigenvalue weighted by Crippen LogP contribution is 2.31. The van der Waals surface area contributed by atoms with Gasteiger partial charge in [-0.25, -0.2) is 9.37 Å². The SMILES string of the molecule is Cn1cnc(C(=O)N2CCCCC2c2nc(CCOc3ccc(F)cc3)no2)c1. The van der Waals surface area contributed by atoms with Crippen LogP contribution in [-0.4, -0.2) is 43.7 Å². The van der Waals surface area contributed by atoms with Gasteiger partial charge < -0.3 is 18.7 Å². The van der Waals surface area contributed by atoms with Gasteiger partial charge in [0.2, 0.25) is 5.89 Å². The van der Waals surface area contributed by atoms with E-state index >= 15 is 0 Å². The zero-order valence-electron chi connectivity index (χ0n) is 16.1. The molecule has 0 bridgehead atoms. The van der Waals surface area contributed by atoms with Crippen molar-refractivity contribution in [2.75, 3.05) is 13.2 Å². The lowest BCUT2D eigenvalue weighted by atomic mass is 10.0. The van der Waals surface area contributed by atoms with Gasteiger partial charge in [0.1, 0.15) is 23.3 Å². The number of piperidine rings is 1. The minimum absolute atomic E-state index is 0.130. The summed E-state index contributed by atoms with van der Waals surface area (Å²) in [6.07, 6.45) is 6.45. The monoisotopic (exact) mass is 399 g/mol. The topological polar surface area (TPSA) is 86.3 Å². The minimum atomic E-state index is -0.308. The van der Waals surface area contributed by atoms with Crippen molar-refractivity contribution in [1.29, 1.82) is 0 Å². The van der Waals surface area contributed by atoms with Crippen molar-refractivity contribution in [3.8, 4) is 5.75 Å². The number of imidazole rings is 1. The average Bonchev–Trinajstić information content (AvgIpc) is 3.38. The van der Waals surface area contributed by atoms with E-state index in [-0.39, 0.29) is 17.8 Å². The van der Waals surface area contributed by atoms with Crippen molar-refractivity contribution in [2.24, 2.45) is 7.05 Å². The molecule has 1 atom stereocenters. The summed E-state index contributed by atoms with van der Waals surface area (Å²) in [5, 5.41) is 4.02. The zero-order chi connectivity index (χ0) is 20.2. The van der Waals surface area contributed by atoms with E-state index in [9.17, 15) is 9.18 Å². The fraction of sp³-hybridized carbons (Fsp3) is 0.400. The molecule has 2 aromatic heterocycles. The number of hydrogen-bond acceptors (Lipinski definition) is 6. The van der Waals surface area contributed by atoms with Crippen LogP contribution in [0.2, 0.25) is 0 Å². The molecule has 29 heavy (non-hydrogen) atoms. The molecule has 0 aliphatic carbocycles. The molecule has 152 valence electrons. The maximum atomic E-state index is 12.9. The Kier molecular flexibility index (Phi) is 5.55. The number of rotatable bonds is 6. The molecule has 0 spiro atoms. The van der Waals surface area contributed by atoms with Crippen molar-refractivity contribution >= 4 is 5.91 Å². The minimum Gasteiger partial charge on any atom is -0.493 e. The first-order valence-corrected chi connectivity index (χ1v) is 9.60. The second-order valence-electron chi connectivity index (χ2n) is 7.04. The van der Waals surface area contributed by atoms with Crippen LogP contribution >= 0.6 is 0 Å². The largest absolute Gasteiger partial charge is 0.493 e. The molecule has 8 nitrogen and oxygen atoms in total. The first kappa shape index (κ1) is 19.1. The van der Waals surface area contributed by atoms with Crippen LogP contribution in [0.5, 0.6) is 5.75 Å². The van der Waals surface area contributed by atoms with Crippen LogP contribution in [0.25, 0.3) is 0 Å². The van der Waals surface area contributed by atoms with Gasteiger partial charge >= 0.3 is 0 Å². The number of carbonyl (C=O) groups excluding carboxylic acids is 1. The van der Waals surface area contributed by atoms with E-state index in [1.165, 1.54) is 12.1 Å². The number of benzene rings is 1. The van der Waals surface area contributed by atoms with Crippen LogP contribution in [-0.2, 0) is 13.5 Å². The molecule has 1 fully saturated rings. The third-order valence-corrected chi connectivity index (χ3v) is 4.86. The zero-order valence-corrected chi connectivity index (χ0v) is 16.1. The molecule has 0 saturated carbocycles. The van der Waals surface area contributed by atoms with E-state index in [0.717, 1.165) is 19.3 Å². The van der Waals surface area contributed by atoms with Gasteiger partial charge in [0.15, 0.2) is 5.82 Å². The number of nitrogens with zero attached hydrogens (tertiary/aromatic N) is 5. The lowest BCUT2D eigenvalue weighted by Gasteiger charge is -2.32. The maximum absolute atomic E-state index is 12.9. The van der Waals surface area contributed by atoms with Gasteiger partial charge in [-0.3, -0.25) is 4.79 Å². The Hall–Kier alpha value is -3.23. The lowest BCUT2D eigenvalue weighted by molar-refractivity contribution is 0.0556. The van der Waals surface area contributed by atoms with Crippen molar-refractivity contribution < 1.29 is 18.4 Å². The lowest BCUT2D eigenvalue weighted by Crippen LogP contribution is -2.38. The Morgan fingerprint density at radius 2 is 2.14 bits per heavy atom. The summed E-state index contributed by atoms with van der Waals surface area (Å²) < 4.78 is 25.7. The second-order valence-corrected chi connectivity index (χ2v) is 7.04. The second kappa shape index (κ2) is 8.42. The molecule has 1 aromatic carbocycles. The Bertz CT molecular complexity index is 969. The van der Waals surface area contributed by atoms with E-state index in [1.807, 2.05) is 7.05 Å². The van der Waals surface area contributed by atoms with Crippen LogP contribution in [0.3, 0.4) is 0 Å². The summed E-state index contributed by atoms with van der Waals surface area (Å²) in [6, 6.07) is 5.58. The highest BCUT2D eigenvalue weighted by atomic mass is 19.1. The highest BCUT2D eigenvalue weighted by Gasteiger charge is 2.33. The summed E-state index contributed by atoms with van der Waals surface area (Å²) in [4.78, 5) is 23.3. The van der Waals surface area contributed by atoms with Crippen LogP contribution in [0.1, 0.15) is 47.5 Å². The van der Waals surface area contributed by atoms with E-state index < -0.39 is 0 Å². The standard InChI is InChI=1S/C20H22FN5O3/c1-25-12-16(22-13-25)20(27)26-10-3-2-4-17(26)19-23-18(24-29-19)9-11-28-15-7-5-14(21)6-8-15/h5-8,12-13,17H,2-4,9-11H2,1H3. The molecule has 1 saturated heterocycles. The number of amides is 1. The van der Waals surface area contributed by atoms with Crippen LogP contribution in [0.15, 0.2) is 41.3 Å². The molecule has 9 heteroatoms. The molecule has 1 aliphatic heterocycles. The van der Waals surface area contributed by atoms with Gasteiger partial charge in [-0.2, -0.15) is 4.98 Å². The summed E-state index contributed by atoms with van der Waals surface area (Å²) in [5.74, 6) is 1.09. The normalized spacial score (nSPS) is 16.8. The third-order valence-electron chi connectivity index (χ3n) is 4.86. The quantitative estimate of drug-likeness (QED) is 0.633. The molecule has 0 radical (unpaired) electrons. The van der Waals surface area contributed by atoms with E-state index in [0.29, 0.717) is 42.7 Å². The number of aryl methyl sites for hydroxylation is 1. The predicted octanol–water partition coefficient (Wildman–Crippen LogP) is 2.93. The average molecular weight is 399 g/mol. The van der Waals surface area contributed by atoms with Crippen LogP contribution < -0.4 is 4.74 Å². The number of halogens is 1. The van der Waals surface area contributed by atoms with E-state index in [2.05, 4.69) is 15.1 Å². The fourth-order valence-electron chi connectivity index (χ4n) is 3.40. The molecule has 1 aliphatic rings. The highest BCUT2D eigenvalue weighted by molar-refractivity contribution is 5.92. The third kappa shape index (κ3) is 4.44. The van der Waals surface area contributed by atoms with Gasteiger partial charge in [0, 0.05) is 26.2 Å². The maximum Gasteiger partial charge on any atom is 0.274 e. The Morgan fingerprint density at radius 3 is 2.90 bits per heavy atom. The van der Waals surface area contributed by atoms with Crippen molar-refractivity contribution in [1.82, 2.24) is 24.6 Å². The molecular weight excluding hydrogens is 377 g/mol. The van der Waals surface area contributed by atoms with Gasteiger partial charge in [-0.05, 0) is 43.5 Å². The van der Waals surface area contributed by atoms with Gasteiger partial charge in [-0.1, -0.05) is 5.16 Å². The van der Waals surface area contributed by atoms with Gasteiger partial charge in [0.25, 0.3) is 5.91 Å². The van der Waals surface area contributed by atoms with Gasteiger partial charge in [-0.15, -0.1) is 0 Å². The van der Waals surface area contributed by atoms with E-state index in [4.69, 9.17) is 9.26 Å². The van der Waals surface area contributed by atoms with Gasteiger partial charge in [0.05, 0.1) is 12.9 Å². The molecule has 1 unspecified atom stereocenters. The smallest absolute Gasteiger partial charge is 0.274 e. The first-order chi connectivity index (χ1) is 14.1. The number of likely N-dealkylation sites (tertiary alicyclic amines) is 1.